The van der Waals surface area contributed by atoms with Crippen molar-refractivity contribution in [2.75, 3.05) is 6.54 Å². The zero-order valence-corrected chi connectivity index (χ0v) is 9.59. The van der Waals surface area contributed by atoms with E-state index in [9.17, 15) is 0 Å². The summed E-state index contributed by atoms with van der Waals surface area (Å²) in [5.41, 5.74) is 7.85. The second-order valence-corrected chi connectivity index (χ2v) is 4.14. The van der Waals surface area contributed by atoms with E-state index in [1.807, 2.05) is 6.07 Å². The summed E-state index contributed by atoms with van der Waals surface area (Å²) in [5.74, 6) is 6.88. The molecule has 0 fully saturated rings. The first-order valence-corrected chi connectivity index (χ1v) is 5.50. The van der Waals surface area contributed by atoms with Crippen LogP contribution in [0, 0.1) is 17.8 Å². The Bertz CT molecular complexity index is 355. The molecule has 0 aliphatic carbocycles. The van der Waals surface area contributed by atoms with Crippen LogP contribution in [0.15, 0.2) is 24.3 Å². The van der Waals surface area contributed by atoms with Gasteiger partial charge in [0, 0.05) is 18.5 Å². The number of hydrogen-bond acceptors (Lipinski definition) is 1. The van der Waals surface area contributed by atoms with Gasteiger partial charge < -0.3 is 5.73 Å². The molecule has 15 heavy (non-hydrogen) atoms. The minimum Gasteiger partial charge on any atom is -0.330 e. The number of benzene rings is 1. The lowest BCUT2D eigenvalue weighted by Gasteiger charge is -2.04. The lowest BCUT2D eigenvalue weighted by Crippen LogP contribution is -1.96. The van der Waals surface area contributed by atoms with Crippen LogP contribution in [0.5, 0.6) is 0 Å². The fourth-order valence-corrected chi connectivity index (χ4v) is 1.48. The fourth-order valence-electron chi connectivity index (χ4n) is 1.48. The fraction of sp³-hybridized carbons (Fsp3) is 0.429. The highest BCUT2D eigenvalue weighted by Crippen LogP contribution is 2.09. The second-order valence-electron chi connectivity index (χ2n) is 4.14. The predicted molar refractivity (Wildman–Crippen MR) is 65.5 cm³/mol. The van der Waals surface area contributed by atoms with E-state index < -0.39 is 0 Å². The van der Waals surface area contributed by atoms with Crippen molar-refractivity contribution in [1.82, 2.24) is 0 Å². The minimum atomic E-state index is 0.638. The molecule has 80 valence electrons. The third-order valence-corrected chi connectivity index (χ3v) is 2.07. The van der Waals surface area contributed by atoms with Gasteiger partial charge in [-0.15, -0.1) is 0 Å². The van der Waals surface area contributed by atoms with Gasteiger partial charge in [-0.1, -0.05) is 37.8 Å². The van der Waals surface area contributed by atoms with E-state index >= 15 is 0 Å². The van der Waals surface area contributed by atoms with Crippen LogP contribution in [-0.4, -0.2) is 6.54 Å². The van der Waals surface area contributed by atoms with E-state index in [-0.39, 0.29) is 0 Å². The van der Waals surface area contributed by atoms with Gasteiger partial charge in [-0.3, -0.25) is 0 Å². The monoisotopic (exact) mass is 201 g/mol. The number of hydrogen-bond donors (Lipinski definition) is 1. The van der Waals surface area contributed by atoms with Crippen molar-refractivity contribution in [2.45, 2.75) is 26.7 Å². The summed E-state index contributed by atoms with van der Waals surface area (Å²) in [6.45, 7) is 5.10. The first kappa shape index (κ1) is 11.8. The van der Waals surface area contributed by atoms with Gasteiger partial charge in [0.15, 0.2) is 0 Å². The smallest absolute Gasteiger partial charge is 0.0247 e. The summed E-state index contributed by atoms with van der Waals surface area (Å²) in [6.07, 6.45) is 1.89. The Labute approximate surface area is 92.7 Å². The van der Waals surface area contributed by atoms with Gasteiger partial charge in [0.1, 0.15) is 0 Å². The normalized spacial score (nSPS) is 9.87. The zero-order chi connectivity index (χ0) is 11.1. The molecule has 0 unspecified atom stereocenters. The summed E-state index contributed by atoms with van der Waals surface area (Å²) in [6, 6.07) is 8.45. The number of rotatable bonds is 3. The molecule has 1 heteroatoms. The summed E-state index contributed by atoms with van der Waals surface area (Å²) in [4.78, 5) is 0. The van der Waals surface area contributed by atoms with Gasteiger partial charge >= 0.3 is 0 Å². The molecule has 0 aliphatic heterocycles. The van der Waals surface area contributed by atoms with Gasteiger partial charge in [0.25, 0.3) is 0 Å². The van der Waals surface area contributed by atoms with E-state index in [1.165, 1.54) is 5.56 Å². The molecule has 1 aromatic rings. The average Bonchev–Trinajstić information content (AvgIpc) is 2.18. The maximum atomic E-state index is 5.39. The van der Waals surface area contributed by atoms with Crippen molar-refractivity contribution < 1.29 is 0 Å². The SMILES string of the molecule is CC(C)Cc1cccc(C#CCCN)c1. The molecule has 2 N–H and O–H groups in total. The largest absolute Gasteiger partial charge is 0.330 e. The highest BCUT2D eigenvalue weighted by atomic mass is 14.5. The van der Waals surface area contributed by atoms with E-state index in [0.29, 0.717) is 12.5 Å². The molecule has 1 rings (SSSR count). The Hall–Kier alpha value is -1.26. The van der Waals surface area contributed by atoms with Crippen molar-refractivity contribution in [3.63, 3.8) is 0 Å². The van der Waals surface area contributed by atoms with Crippen LogP contribution in [0.1, 0.15) is 31.4 Å². The maximum Gasteiger partial charge on any atom is 0.0247 e. The second kappa shape index (κ2) is 6.27. The van der Waals surface area contributed by atoms with Crippen molar-refractivity contribution >= 4 is 0 Å². The van der Waals surface area contributed by atoms with Crippen LogP contribution >= 0.6 is 0 Å². The highest BCUT2D eigenvalue weighted by molar-refractivity contribution is 5.37. The van der Waals surface area contributed by atoms with Gasteiger partial charge in [-0.2, -0.15) is 0 Å². The van der Waals surface area contributed by atoms with Gasteiger partial charge in [-0.25, -0.2) is 0 Å². The molecule has 0 aromatic heterocycles. The summed E-state index contributed by atoms with van der Waals surface area (Å²) < 4.78 is 0. The van der Waals surface area contributed by atoms with E-state index in [0.717, 1.165) is 18.4 Å². The molecule has 1 aromatic carbocycles. The predicted octanol–water partition coefficient (Wildman–Crippen LogP) is 2.59. The van der Waals surface area contributed by atoms with Gasteiger partial charge in [0.05, 0.1) is 0 Å². The molecule has 0 radical (unpaired) electrons. The molecule has 0 spiro atoms. The molecule has 0 bridgehead atoms. The van der Waals surface area contributed by atoms with Crippen molar-refractivity contribution in [3.05, 3.63) is 35.4 Å². The van der Waals surface area contributed by atoms with Crippen LogP contribution in [0.3, 0.4) is 0 Å². The first-order chi connectivity index (χ1) is 7.22. The average molecular weight is 201 g/mol. The molecular formula is C14H19N. The van der Waals surface area contributed by atoms with E-state index in [1.54, 1.807) is 0 Å². The van der Waals surface area contributed by atoms with Crippen molar-refractivity contribution in [3.8, 4) is 11.8 Å². The number of nitrogens with two attached hydrogens (primary N) is 1. The molecule has 0 heterocycles. The van der Waals surface area contributed by atoms with Gasteiger partial charge in [-0.05, 0) is 30.0 Å². The molecule has 0 saturated carbocycles. The molecule has 0 amide bonds. The first-order valence-electron chi connectivity index (χ1n) is 5.50. The Morgan fingerprint density at radius 3 is 2.80 bits per heavy atom. The van der Waals surface area contributed by atoms with Crippen LogP contribution < -0.4 is 5.73 Å². The van der Waals surface area contributed by atoms with Crippen LogP contribution in [0.4, 0.5) is 0 Å². The standard InChI is InChI=1S/C14H19N/c1-12(2)10-14-8-5-7-13(11-14)6-3-4-9-15/h5,7-8,11-12H,4,9-10,15H2,1-2H3. The Morgan fingerprint density at radius 1 is 1.33 bits per heavy atom. The lowest BCUT2D eigenvalue weighted by molar-refractivity contribution is 0.647. The van der Waals surface area contributed by atoms with Crippen LogP contribution in [0.2, 0.25) is 0 Å². The highest BCUT2D eigenvalue weighted by Gasteiger charge is 1.97. The van der Waals surface area contributed by atoms with E-state index in [4.69, 9.17) is 5.73 Å². The van der Waals surface area contributed by atoms with Gasteiger partial charge in [0.2, 0.25) is 0 Å². The Morgan fingerprint density at radius 2 is 2.13 bits per heavy atom. The Kier molecular flexibility index (Phi) is 4.93. The van der Waals surface area contributed by atoms with Crippen molar-refractivity contribution in [2.24, 2.45) is 11.7 Å². The minimum absolute atomic E-state index is 0.638. The third-order valence-electron chi connectivity index (χ3n) is 2.07. The quantitative estimate of drug-likeness (QED) is 0.747. The lowest BCUT2D eigenvalue weighted by atomic mass is 10.0. The maximum absolute atomic E-state index is 5.39. The van der Waals surface area contributed by atoms with Crippen LogP contribution in [0.25, 0.3) is 0 Å². The zero-order valence-electron chi connectivity index (χ0n) is 9.59. The molecule has 1 nitrogen and oxygen atoms in total. The Balaban J connectivity index is 2.71. The summed E-state index contributed by atoms with van der Waals surface area (Å²) in [7, 11) is 0. The molecule has 0 aliphatic rings. The topological polar surface area (TPSA) is 26.0 Å². The van der Waals surface area contributed by atoms with E-state index in [2.05, 4.69) is 43.9 Å². The van der Waals surface area contributed by atoms with Crippen LogP contribution in [-0.2, 0) is 6.42 Å². The third kappa shape index (κ3) is 4.67. The molecule has 0 atom stereocenters. The van der Waals surface area contributed by atoms with Crippen molar-refractivity contribution in [1.29, 1.82) is 0 Å². The summed E-state index contributed by atoms with van der Waals surface area (Å²) in [5, 5.41) is 0. The summed E-state index contributed by atoms with van der Waals surface area (Å²) >= 11 is 0. The molecule has 0 saturated heterocycles. The molecular weight excluding hydrogens is 182 g/mol.